The van der Waals surface area contributed by atoms with Gasteiger partial charge in [-0.1, -0.05) is 30.3 Å². The Labute approximate surface area is 102 Å². The molecule has 0 N–H and O–H groups in total. The normalized spacial score (nSPS) is 10.9. The van der Waals surface area contributed by atoms with Gasteiger partial charge in [-0.05, 0) is 54.2 Å². The Kier molecular flexibility index (Phi) is 3.50. The first-order chi connectivity index (χ1) is 7.72. The predicted molar refractivity (Wildman–Crippen MR) is 72.5 cm³/mol. The molecule has 84 valence electrons. The largest absolute Gasteiger partial charge is 0.127 e. The van der Waals surface area contributed by atoms with E-state index in [0.29, 0.717) is 0 Å². The Morgan fingerprint density at radius 3 is 2.62 bits per heavy atom. The molecule has 0 heterocycles. The second-order valence-electron chi connectivity index (χ2n) is 4.36. The average molecular weight is 233 g/mol. The van der Waals surface area contributed by atoms with Crippen LogP contribution in [0.3, 0.4) is 0 Å². The molecule has 0 amide bonds. The molecule has 0 aromatic heterocycles. The van der Waals surface area contributed by atoms with Crippen LogP contribution < -0.4 is 0 Å². The number of rotatable bonds is 3. The summed E-state index contributed by atoms with van der Waals surface area (Å²) in [6.07, 6.45) is 2.13. The third-order valence-electron chi connectivity index (χ3n) is 3.22. The molecule has 0 unspecified atom stereocenters. The van der Waals surface area contributed by atoms with Gasteiger partial charge < -0.3 is 0 Å². The van der Waals surface area contributed by atoms with E-state index in [2.05, 4.69) is 44.2 Å². The van der Waals surface area contributed by atoms with Crippen LogP contribution in [0, 0.1) is 13.8 Å². The molecule has 16 heavy (non-hydrogen) atoms. The summed E-state index contributed by atoms with van der Waals surface area (Å²) in [6.45, 7) is 4.35. The van der Waals surface area contributed by atoms with Crippen LogP contribution in [0.25, 0.3) is 10.8 Å². The molecular weight excluding hydrogens is 216 g/mol. The molecule has 0 spiro atoms. The minimum Gasteiger partial charge on any atom is -0.127 e. The van der Waals surface area contributed by atoms with E-state index < -0.39 is 0 Å². The fourth-order valence-electron chi connectivity index (χ4n) is 2.07. The van der Waals surface area contributed by atoms with Crippen molar-refractivity contribution in [1.29, 1.82) is 0 Å². The fraction of sp³-hybridized carbons (Fsp3) is 0.333. The van der Waals surface area contributed by atoms with E-state index in [-0.39, 0.29) is 0 Å². The second-order valence-corrected chi connectivity index (χ2v) is 4.73. The van der Waals surface area contributed by atoms with Gasteiger partial charge in [0.2, 0.25) is 0 Å². The SMILES string of the molecule is Cc1ccc2cc(CCCCl)ccc2c1C. The van der Waals surface area contributed by atoms with Crippen molar-refractivity contribution in [2.24, 2.45) is 0 Å². The Balaban J connectivity index is 2.44. The number of halogens is 1. The minimum atomic E-state index is 0.741. The van der Waals surface area contributed by atoms with E-state index in [1.165, 1.54) is 27.5 Å². The minimum absolute atomic E-state index is 0.741. The second kappa shape index (κ2) is 4.88. The van der Waals surface area contributed by atoms with E-state index in [0.717, 1.165) is 18.7 Å². The van der Waals surface area contributed by atoms with Crippen molar-refractivity contribution >= 4 is 22.4 Å². The lowest BCUT2D eigenvalue weighted by Gasteiger charge is -2.07. The van der Waals surface area contributed by atoms with Gasteiger partial charge in [-0.3, -0.25) is 0 Å². The topological polar surface area (TPSA) is 0 Å². The van der Waals surface area contributed by atoms with E-state index >= 15 is 0 Å². The van der Waals surface area contributed by atoms with Gasteiger partial charge in [-0.2, -0.15) is 0 Å². The number of alkyl halides is 1. The molecule has 0 aliphatic rings. The standard InChI is InChI=1S/C15H17Cl/c1-11-5-7-14-10-13(4-3-9-16)6-8-15(14)12(11)2/h5-8,10H,3-4,9H2,1-2H3. The highest BCUT2D eigenvalue weighted by molar-refractivity contribution is 6.17. The molecule has 0 fully saturated rings. The van der Waals surface area contributed by atoms with Crippen molar-refractivity contribution in [3.8, 4) is 0 Å². The van der Waals surface area contributed by atoms with Crippen molar-refractivity contribution in [3.05, 3.63) is 47.0 Å². The van der Waals surface area contributed by atoms with Gasteiger partial charge in [0.15, 0.2) is 0 Å². The molecule has 2 rings (SSSR count). The first kappa shape index (κ1) is 11.5. The Hall–Kier alpha value is -1.01. The summed E-state index contributed by atoms with van der Waals surface area (Å²) >= 11 is 5.72. The van der Waals surface area contributed by atoms with Crippen LogP contribution in [-0.2, 0) is 6.42 Å². The number of hydrogen-bond donors (Lipinski definition) is 0. The molecule has 1 heteroatoms. The van der Waals surface area contributed by atoms with Crippen LogP contribution in [0.2, 0.25) is 0 Å². The highest BCUT2D eigenvalue weighted by atomic mass is 35.5. The van der Waals surface area contributed by atoms with E-state index in [4.69, 9.17) is 11.6 Å². The van der Waals surface area contributed by atoms with Crippen LogP contribution in [0.15, 0.2) is 30.3 Å². The summed E-state index contributed by atoms with van der Waals surface area (Å²) in [5, 5.41) is 2.71. The molecular formula is C15H17Cl. The third kappa shape index (κ3) is 2.22. The first-order valence-electron chi connectivity index (χ1n) is 5.77. The zero-order valence-corrected chi connectivity index (χ0v) is 10.6. The zero-order chi connectivity index (χ0) is 11.5. The van der Waals surface area contributed by atoms with Crippen molar-refractivity contribution in [2.75, 3.05) is 5.88 Å². The molecule has 0 radical (unpaired) electrons. The summed E-state index contributed by atoms with van der Waals surface area (Å²) in [4.78, 5) is 0. The van der Waals surface area contributed by atoms with Crippen LogP contribution in [-0.4, -0.2) is 5.88 Å². The number of benzene rings is 2. The first-order valence-corrected chi connectivity index (χ1v) is 6.30. The molecule has 0 saturated carbocycles. The maximum absolute atomic E-state index is 5.72. The lowest BCUT2D eigenvalue weighted by Crippen LogP contribution is -1.88. The quantitative estimate of drug-likeness (QED) is 0.677. The summed E-state index contributed by atoms with van der Waals surface area (Å²) in [6, 6.07) is 11.2. The maximum Gasteiger partial charge on any atom is 0.0226 e. The molecule has 0 nitrogen and oxygen atoms in total. The van der Waals surface area contributed by atoms with E-state index in [1.54, 1.807) is 0 Å². The van der Waals surface area contributed by atoms with Crippen molar-refractivity contribution < 1.29 is 0 Å². The number of aryl methyl sites for hydroxylation is 3. The highest BCUT2D eigenvalue weighted by Crippen LogP contribution is 2.23. The molecule has 0 atom stereocenters. The predicted octanol–water partition coefficient (Wildman–Crippen LogP) is 4.63. The van der Waals surface area contributed by atoms with Crippen molar-refractivity contribution in [2.45, 2.75) is 26.7 Å². The monoisotopic (exact) mass is 232 g/mol. The van der Waals surface area contributed by atoms with Crippen molar-refractivity contribution in [3.63, 3.8) is 0 Å². The molecule has 0 bridgehead atoms. The molecule has 2 aromatic rings. The smallest absolute Gasteiger partial charge is 0.0226 e. The van der Waals surface area contributed by atoms with E-state index in [9.17, 15) is 0 Å². The van der Waals surface area contributed by atoms with Gasteiger partial charge in [0.1, 0.15) is 0 Å². The van der Waals surface area contributed by atoms with Crippen LogP contribution in [0.1, 0.15) is 23.1 Å². The highest BCUT2D eigenvalue weighted by Gasteiger charge is 2.01. The molecule has 0 aliphatic heterocycles. The zero-order valence-electron chi connectivity index (χ0n) is 9.89. The van der Waals surface area contributed by atoms with Gasteiger partial charge >= 0.3 is 0 Å². The molecule has 0 saturated heterocycles. The Morgan fingerprint density at radius 1 is 1.06 bits per heavy atom. The Bertz CT molecular complexity index is 500. The van der Waals surface area contributed by atoms with E-state index in [1.807, 2.05) is 0 Å². The lowest BCUT2D eigenvalue weighted by atomic mass is 9.98. The van der Waals surface area contributed by atoms with Gasteiger partial charge in [0, 0.05) is 5.88 Å². The van der Waals surface area contributed by atoms with Crippen LogP contribution in [0.5, 0.6) is 0 Å². The van der Waals surface area contributed by atoms with Gasteiger partial charge in [0.05, 0.1) is 0 Å². The maximum atomic E-state index is 5.72. The lowest BCUT2D eigenvalue weighted by molar-refractivity contribution is 0.930. The summed E-state index contributed by atoms with van der Waals surface area (Å²) < 4.78 is 0. The third-order valence-corrected chi connectivity index (χ3v) is 3.49. The summed E-state index contributed by atoms with van der Waals surface area (Å²) in [5.41, 5.74) is 4.14. The number of fused-ring (bicyclic) bond motifs is 1. The fourth-order valence-corrected chi connectivity index (χ4v) is 2.20. The molecule has 0 aliphatic carbocycles. The van der Waals surface area contributed by atoms with Crippen molar-refractivity contribution in [1.82, 2.24) is 0 Å². The average Bonchev–Trinajstić information content (AvgIpc) is 2.31. The Morgan fingerprint density at radius 2 is 1.88 bits per heavy atom. The van der Waals surface area contributed by atoms with Crippen LogP contribution >= 0.6 is 11.6 Å². The summed E-state index contributed by atoms with van der Waals surface area (Å²) in [7, 11) is 0. The summed E-state index contributed by atoms with van der Waals surface area (Å²) in [5.74, 6) is 0.741. The van der Waals surface area contributed by atoms with Gasteiger partial charge in [0.25, 0.3) is 0 Å². The van der Waals surface area contributed by atoms with Gasteiger partial charge in [-0.15, -0.1) is 11.6 Å². The van der Waals surface area contributed by atoms with Gasteiger partial charge in [-0.25, -0.2) is 0 Å². The number of hydrogen-bond acceptors (Lipinski definition) is 0. The molecule has 2 aromatic carbocycles. The van der Waals surface area contributed by atoms with Crippen LogP contribution in [0.4, 0.5) is 0 Å².